The minimum atomic E-state index is 0.660. The van der Waals surface area contributed by atoms with Gasteiger partial charge >= 0.3 is 0 Å². The number of hydrogen-bond donors (Lipinski definition) is 1. The summed E-state index contributed by atoms with van der Waals surface area (Å²) < 4.78 is 0. The van der Waals surface area contributed by atoms with E-state index < -0.39 is 0 Å². The van der Waals surface area contributed by atoms with E-state index in [9.17, 15) is 0 Å². The molecule has 0 unspecified atom stereocenters. The first-order valence-corrected chi connectivity index (χ1v) is 6.72. The largest absolute Gasteiger partial charge is 0.357 e. The molecular formula is C15H26N2. The summed E-state index contributed by atoms with van der Waals surface area (Å²) >= 11 is 0. The highest BCUT2D eigenvalue weighted by atomic mass is 15.2. The third kappa shape index (κ3) is 4.37. The van der Waals surface area contributed by atoms with Crippen LogP contribution in [0.2, 0.25) is 0 Å². The molecule has 1 saturated heterocycles. The summed E-state index contributed by atoms with van der Waals surface area (Å²) in [5, 5.41) is 8.03. The first-order valence-electron chi connectivity index (χ1n) is 6.72. The molecule has 1 heterocycles. The quantitative estimate of drug-likeness (QED) is 0.446. The Balaban J connectivity index is 2.45. The van der Waals surface area contributed by atoms with Crippen molar-refractivity contribution >= 4 is 5.84 Å². The number of rotatable bonds is 4. The Hall–Kier alpha value is -1.05. The van der Waals surface area contributed by atoms with Gasteiger partial charge in [0.1, 0.15) is 5.84 Å². The van der Waals surface area contributed by atoms with E-state index >= 15 is 0 Å². The lowest BCUT2D eigenvalue weighted by Crippen LogP contribution is -2.27. The zero-order valence-corrected chi connectivity index (χ0v) is 11.7. The van der Waals surface area contributed by atoms with Crippen molar-refractivity contribution < 1.29 is 0 Å². The van der Waals surface area contributed by atoms with Gasteiger partial charge in [0.25, 0.3) is 0 Å². The lowest BCUT2D eigenvalue weighted by atomic mass is 9.95. The van der Waals surface area contributed by atoms with E-state index in [4.69, 9.17) is 5.41 Å². The number of hydrogen-bond acceptors (Lipinski definition) is 1. The molecule has 0 amide bonds. The van der Waals surface area contributed by atoms with Crippen molar-refractivity contribution in [3.63, 3.8) is 0 Å². The molecule has 0 spiro atoms. The molecule has 0 aliphatic carbocycles. The highest BCUT2D eigenvalue weighted by Gasteiger charge is 2.25. The second-order valence-corrected chi connectivity index (χ2v) is 5.35. The van der Waals surface area contributed by atoms with E-state index in [1.165, 1.54) is 12.0 Å². The van der Waals surface area contributed by atoms with Crippen molar-refractivity contribution in [1.82, 2.24) is 4.90 Å². The monoisotopic (exact) mass is 234 g/mol. The molecule has 1 atom stereocenters. The van der Waals surface area contributed by atoms with Crippen LogP contribution in [0, 0.1) is 17.2 Å². The van der Waals surface area contributed by atoms with E-state index in [0.29, 0.717) is 5.84 Å². The first kappa shape index (κ1) is 14.0. The SMILES string of the molecule is CC/C(C)=C\C=C/C(=N)N1CC[C@H](C(C)C)C1. The molecule has 2 heteroatoms. The number of nitrogens with one attached hydrogen (secondary N) is 1. The zero-order valence-electron chi connectivity index (χ0n) is 11.7. The van der Waals surface area contributed by atoms with Crippen molar-refractivity contribution in [2.75, 3.05) is 13.1 Å². The fourth-order valence-corrected chi connectivity index (χ4v) is 2.08. The minimum absolute atomic E-state index is 0.660. The predicted octanol–water partition coefficient (Wildman–Crippen LogP) is 3.85. The number of likely N-dealkylation sites (tertiary alicyclic amines) is 1. The van der Waals surface area contributed by atoms with Crippen LogP contribution in [0.4, 0.5) is 0 Å². The third-order valence-corrected chi connectivity index (χ3v) is 3.70. The van der Waals surface area contributed by atoms with Gasteiger partial charge in [-0.2, -0.15) is 0 Å². The van der Waals surface area contributed by atoms with Crippen molar-refractivity contribution in [2.45, 2.75) is 40.5 Å². The maximum atomic E-state index is 8.03. The molecule has 1 N–H and O–H groups in total. The van der Waals surface area contributed by atoms with Gasteiger partial charge in [-0.25, -0.2) is 0 Å². The van der Waals surface area contributed by atoms with Crippen LogP contribution >= 0.6 is 0 Å². The molecule has 0 aromatic carbocycles. The van der Waals surface area contributed by atoms with E-state index in [-0.39, 0.29) is 0 Å². The Bertz CT molecular complexity index is 313. The molecule has 1 aliphatic heterocycles. The summed E-state index contributed by atoms with van der Waals surface area (Å²) in [5.74, 6) is 2.16. The summed E-state index contributed by atoms with van der Waals surface area (Å²) in [6, 6.07) is 0. The van der Waals surface area contributed by atoms with Crippen LogP contribution in [0.3, 0.4) is 0 Å². The highest BCUT2D eigenvalue weighted by Crippen LogP contribution is 2.23. The third-order valence-electron chi connectivity index (χ3n) is 3.70. The second kappa shape index (κ2) is 6.63. The average Bonchev–Trinajstić information content (AvgIpc) is 2.78. The summed E-state index contributed by atoms with van der Waals surface area (Å²) in [4.78, 5) is 2.19. The molecule has 0 bridgehead atoms. The van der Waals surface area contributed by atoms with E-state index in [2.05, 4.69) is 38.7 Å². The summed E-state index contributed by atoms with van der Waals surface area (Å²) in [6.45, 7) is 10.9. The van der Waals surface area contributed by atoms with Gasteiger partial charge in [0.15, 0.2) is 0 Å². The lowest BCUT2D eigenvalue weighted by Gasteiger charge is -2.18. The Labute approximate surface area is 106 Å². The molecule has 17 heavy (non-hydrogen) atoms. The standard InChI is InChI=1S/C15H26N2/c1-5-13(4)7-6-8-15(16)17-10-9-14(11-17)12(2)3/h6-8,12,14,16H,5,9-11H2,1-4H3/b8-6-,13-7-,16-15?/t14-/m0/s1. The maximum absolute atomic E-state index is 8.03. The van der Waals surface area contributed by atoms with E-state index in [0.717, 1.165) is 31.3 Å². The number of amidine groups is 1. The molecule has 0 radical (unpaired) electrons. The second-order valence-electron chi connectivity index (χ2n) is 5.35. The molecule has 1 fully saturated rings. The lowest BCUT2D eigenvalue weighted by molar-refractivity contribution is 0.389. The van der Waals surface area contributed by atoms with Gasteiger partial charge in [-0.3, -0.25) is 5.41 Å². The van der Waals surface area contributed by atoms with Crippen LogP contribution < -0.4 is 0 Å². The normalized spacial score (nSPS) is 21.8. The fraction of sp³-hybridized carbons (Fsp3) is 0.667. The van der Waals surface area contributed by atoms with Crippen LogP contribution in [0.25, 0.3) is 0 Å². The van der Waals surface area contributed by atoms with Crippen molar-refractivity contribution in [3.8, 4) is 0 Å². The Morgan fingerprint density at radius 2 is 2.18 bits per heavy atom. The van der Waals surface area contributed by atoms with Crippen LogP contribution in [-0.4, -0.2) is 23.8 Å². The fourth-order valence-electron chi connectivity index (χ4n) is 2.08. The van der Waals surface area contributed by atoms with Gasteiger partial charge < -0.3 is 4.90 Å². The molecular weight excluding hydrogens is 208 g/mol. The van der Waals surface area contributed by atoms with E-state index in [1.54, 1.807) is 0 Å². The van der Waals surface area contributed by atoms with Crippen LogP contribution in [-0.2, 0) is 0 Å². The van der Waals surface area contributed by atoms with Crippen LogP contribution in [0.5, 0.6) is 0 Å². The Kier molecular flexibility index (Phi) is 5.46. The smallest absolute Gasteiger partial charge is 0.120 e. The Morgan fingerprint density at radius 3 is 2.71 bits per heavy atom. The number of nitrogens with zero attached hydrogens (tertiary/aromatic N) is 1. The van der Waals surface area contributed by atoms with Crippen molar-refractivity contribution in [3.05, 3.63) is 23.8 Å². The van der Waals surface area contributed by atoms with Gasteiger partial charge in [-0.15, -0.1) is 0 Å². The average molecular weight is 234 g/mol. The number of allylic oxidation sites excluding steroid dienone is 3. The summed E-state index contributed by atoms with van der Waals surface area (Å²) in [6.07, 6.45) is 8.34. The maximum Gasteiger partial charge on any atom is 0.120 e. The molecule has 96 valence electrons. The van der Waals surface area contributed by atoms with Crippen molar-refractivity contribution in [1.29, 1.82) is 5.41 Å². The molecule has 0 saturated carbocycles. The van der Waals surface area contributed by atoms with Gasteiger partial charge in [-0.1, -0.05) is 38.5 Å². The topological polar surface area (TPSA) is 27.1 Å². The first-order chi connectivity index (χ1) is 8.04. The molecule has 1 aliphatic rings. The molecule has 2 nitrogen and oxygen atoms in total. The van der Waals surface area contributed by atoms with Crippen LogP contribution in [0.15, 0.2) is 23.8 Å². The van der Waals surface area contributed by atoms with E-state index in [1.807, 2.05) is 12.2 Å². The zero-order chi connectivity index (χ0) is 12.8. The minimum Gasteiger partial charge on any atom is -0.357 e. The molecule has 0 aromatic rings. The molecule has 0 aromatic heterocycles. The Morgan fingerprint density at radius 1 is 1.47 bits per heavy atom. The van der Waals surface area contributed by atoms with Gasteiger partial charge in [0, 0.05) is 13.1 Å². The van der Waals surface area contributed by atoms with Gasteiger partial charge in [0.2, 0.25) is 0 Å². The van der Waals surface area contributed by atoms with Crippen molar-refractivity contribution in [2.24, 2.45) is 11.8 Å². The summed E-state index contributed by atoms with van der Waals surface area (Å²) in [5.41, 5.74) is 1.36. The predicted molar refractivity (Wildman–Crippen MR) is 75.4 cm³/mol. The highest BCUT2D eigenvalue weighted by molar-refractivity contribution is 5.90. The van der Waals surface area contributed by atoms with Gasteiger partial charge in [0.05, 0.1) is 0 Å². The summed E-state index contributed by atoms with van der Waals surface area (Å²) in [7, 11) is 0. The van der Waals surface area contributed by atoms with Crippen LogP contribution in [0.1, 0.15) is 40.5 Å². The molecule has 1 rings (SSSR count). The van der Waals surface area contributed by atoms with Gasteiger partial charge in [-0.05, 0) is 37.7 Å².